The normalized spacial score (nSPS) is 13.6. The van der Waals surface area contributed by atoms with Gasteiger partial charge in [-0.25, -0.2) is 0 Å². The average Bonchev–Trinajstić information content (AvgIpc) is 3.41. The molecule has 9 nitrogen and oxygen atoms in total. The minimum absolute atomic E-state index is 0.0312. The molecule has 0 fully saturated rings. The van der Waals surface area contributed by atoms with Crippen LogP contribution in [0.2, 0.25) is 0 Å². The molecular formula is C69H126NO8P. The number of carbonyl (C=O) groups is 2. The Hall–Kier alpha value is -2.55. The Morgan fingerprint density at radius 3 is 1.09 bits per heavy atom. The Labute approximate surface area is 489 Å². The van der Waals surface area contributed by atoms with Gasteiger partial charge in [0.2, 0.25) is 0 Å². The van der Waals surface area contributed by atoms with Crippen molar-refractivity contribution in [3.63, 3.8) is 0 Å². The fourth-order valence-corrected chi connectivity index (χ4v) is 10.1. The van der Waals surface area contributed by atoms with Crippen LogP contribution in [-0.4, -0.2) is 70.0 Å². The highest BCUT2D eigenvalue weighted by Gasteiger charge is 2.22. The van der Waals surface area contributed by atoms with Gasteiger partial charge in [0, 0.05) is 12.8 Å². The molecule has 0 spiro atoms. The highest BCUT2D eigenvalue weighted by atomic mass is 31.2. The lowest BCUT2D eigenvalue weighted by atomic mass is 10.0. The van der Waals surface area contributed by atoms with E-state index >= 15 is 0 Å². The molecule has 0 amide bonds. The summed E-state index contributed by atoms with van der Waals surface area (Å²) in [5.41, 5.74) is 0. The van der Waals surface area contributed by atoms with E-state index in [0.29, 0.717) is 17.4 Å². The summed E-state index contributed by atoms with van der Waals surface area (Å²) in [6, 6.07) is 0. The predicted octanol–water partition coefficient (Wildman–Crippen LogP) is 20.6. The third-order valence-corrected chi connectivity index (χ3v) is 15.4. The van der Waals surface area contributed by atoms with Crippen molar-refractivity contribution in [1.29, 1.82) is 0 Å². The van der Waals surface area contributed by atoms with Crippen molar-refractivity contribution >= 4 is 19.8 Å². The molecule has 2 atom stereocenters. The Kier molecular flexibility index (Phi) is 58.1. The van der Waals surface area contributed by atoms with E-state index in [-0.39, 0.29) is 32.0 Å². The molecule has 0 aromatic rings. The van der Waals surface area contributed by atoms with Crippen LogP contribution < -0.4 is 4.89 Å². The first-order valence-corrected chi connectivity index (χ1v) is 34.6. The van der Waals surface area contributed by atoms with Crippen LogP contribution in [-0.2, 0) is 32.7 Å². The number of nitrogens with zero attached hydrogens (tertiary/aromatic N) is 1. The summed E-state index contributed by atoms with van der Waals surface area (Å²) >= 11 is 0. The number of allylic oxidation sites excluding steroid dienone is 12. The van der Waals surface area contributed by atoms with Crippen LogP contribution in [0.3, 0.4) is 0 Å². The number of ether oxygens (including phenoxy) is 2. The molecule has 2 unspecified atom stereocenters. The summed E-state index contributed by atoms with van der Waals surface area (Å²) in [7, 11) is 1.17. The van der Waals surface area contributed by atoms with Crippen LogP contribution in [0.1, 0.15) is 303 Å². The van der Waals surface area contributed by atoms with Crippen LogP contribution in [0.25, 0.3) is 0 Å². The van der Waals surface area contributed by atoms with E-state index in [2.05, 4.69) is 86.8 Å². The molecule has 0 N–H and O–H groups in total. The second kappa shape index (κ2) is 60.1. The summed E-state index contributed by atoms with van der Waals surface area (Å²) in [4.78, 5) is 37.9. The maximum Gasteiger partial charge on any atom is 0.306 e. The van der Waals surface area contributed by atoms with E-state index in [4.69, 9.17) is 18.5 Å². The molecule has 0 aliphatic heterocycles. The van der Waals surface area contributed by atoms with E-state index in [1.165, 1.54) is 186 Å². The lowest BCUT2D eigenvalue weighted by molar-refractivity contribution is -0.870. The van der Waals surface area contributed by atoms with Crippen molar-refractivity contribution in [3.8, 4) is 0 Å². The van der Waals surface area contributed by atoms with Crippen molar-refractivity contribution in [2.75, 3.05) is 47.5 Å². The monoisotopic (exact) mass is 1130 g/mol. The van der Waals surface area contributed by atoms with Gasteiger partial charge in [-0.2, -0.15) is 0 Å². The summed E-state index contributed by atoms with van der Waals surface area (Å²) in [5, 5.41) is 0. The molecule has 0 aliphatic rings. The van der Waals surface area contributed by atoms with Crippen molar-refractivity contribution in [2.45, 2.75) is 309 Å². The van der Waals surface area contributed by atoms with Crippen molar-refractivity contribution in [2.24, 2.45) is 0 Å². The Bertz CT molecular complexity index is 1560. The Balaban J connectivity index is 3.88. The van der Waals surface area contributed by atoms with E-state index in [1.54, 1.807) is 0 Å². The molecule has 10 heteroatoms. The topological polar surface area (TPSA) is 111 Å². The van der Waals surface area contributed by atoms with Gasteiger partial charge in [-0.1, -0.05) is 279 Å². The van der Waals surface area contributed by atoms with Gasteiger partial charge in [0.1, 0.15) is 19.8 Å². The molecule has 0 rings (SSSR count). The highest BCUT2D eigenvalue weighted by Crippen LogP contribution is 2.38. The van der Waals surface area contributed by atoms with Gasteiger partial charge in [-0.15, -0.1) is 0 Å². The van der Waals surface area contributed by atoms with Gasteiger partial charge < -0.3 is 27.9 Å². The number of phosphoric ester groups is 1. The molecule has 0 aromatic carbocycles. The maximum atomic E-state index is 12.8. The molecule has 79 heavy (non-hydrogen) atoms. The third kappa shape index (κ3) is 64.5. The van der Waals surface area contributed by atoms with Gasteiger partial charge in [-0.3, -0.25) is 14.2 Å². The second-order valence-corrected chi connectivity index (χ2v) is 24.9. The second-order valence-electron chi connectivity index (χ2n) is 23.5. The largest absolute Gasteiger partial charge is 0.756 e. The van der Waals surface area contributed by atoms with Crippen LogP contribution in [0.4, 0.5) is 0 Å². The molecule has 0 saturated heterocycles. The standard InChI is InChI=1S/C69H126NO8P/c1-6-8-10-12-14-16-18-20-22-23-24-25-26-27-28-29-30-31-32-33-34-35-36-37-38-39-40-41-42-43-44-45-46-47-48-50-52-54-56-58-60-62-69(72)78-67(66-77-79(73,74)76-64-63-70(3,4)5)65-75-68(71)61-59-57-55-53-51-49-21-19-17-15-13-11-9-7-2/h8,10,14,16,19-22,24-25,27-28,67H,6-7,9,11-13,15,17-18,23,26,29-66H2,1-5H3/b10-8-,16-14-,21-19-,22-20-,25-24-,28-27-. The summed E-state index contributed by atoms with van der Waals surface area (Å²) in [6.45, 7) is 4.13. The third-order valence-electron chi connectivity index (χ3n) is 14.5. The highest BCUT2D eigenvalue weighted by molar-refractivity contribution is 7.45. The quantitative estimate of drug-likeness (QED) is 0.0195. The smallest absolute Gasteiger partial charge is 0.306 e. The van der Waals surface area contributed by atoms with Crippen molar-refractivity contribution in [3.05, 3.63) is 72.9 Å². The molecule has 460 valence electrons. The number of unbranched alkanes of at least 4 members (excludes halogenated alkanes) is 35. The number of carbonyl (C=O) groups excluding carboxylic acids is 2. The fourth-order valence-electron chi connectivity index (χ4n) is 9.39. The van der Waals surface area contributed by atoms with Gasteiger partial charge in [0.05, 0.1) is 27.7 Å². The zero-order valence-electron chi connectivity index (χ0n) is 52.3. The van der Waals surface area contributed by atoms with Gasteiger partial charge >= 0.3 is 11.9 Å². The average molecular weight is 1130 g/mol. The van der Waals surface area contributed by atoms with E-state index < -0.39 is 26.5 Å². The van der Waals surface area contributed by atoms with Gasteiger partial charge in [0.25, 0.3) is 7.82 Å². The lowest BCUT2D eigenvalue weighted by Crippen LogP contribution is -2.37. The fraction of sp³-hybridized carbons (Fsp3) is 0.797. The van der Waals surface area contributed by atoms with E-state index in [9.17, 15) is 19.0 Å². The minimum Gasteiger partial charge on any atom is -0.756 e. The molecule has 0 aliphatic carbocycles. The van der Waals surface area contributed by atoms with Gasteiger partial charge in [0.15, 0.2) is 6.10 Å². The number of rotatable bonds is 61. The summed E-state index contributed by atoms with van der Waals surface area (Å²) in [6.07, 6.45) is 80.0. The van der Waals surface area contributed by atoms with Crippen molar-refractivity contribution in [1.82, 2.24) is 0 Å². The van der Waals surface area contributed by atoms with Gasteiger partial charge in [-0.05, 0) is 83.5 Å². The summed E-state index contributed by atoms with van der Waals surface area (Å²) in [5.74, 6) is -0.832. The van der Waals surface area contributed by atoms with Crippen LogP contribution in [0, 0.1) is 0 Å². The minimum atomic E-state index is -4.64. The molecule has 0 radical (unpaired) electrons. The number of quaternary nitrogens is 1. The van der Waals surface area contributed by atoms with E-state index in [1.807, 2.05) is 21.1 Å². The maximum absolute atomic E-state index is 12.8. The molecule has 0 heterocycles. The molecular weight excluding hydrogens is 1000 g/mol. The number of hydrogen-bond acceptors (Lipinski definition) is 8. The zero-order valence-corrected chi connectivity index (χ0v) is 53.2. The van der Waals surface area contributed by atoms with Crippen LogP contribution in [0.15, 0.2) is 72.9 Å². The van der Waals surface area contributed by atoms with Crippen LogP contribution in [0.5, 0.6) is 0 Å². The number of likely N-dealkylation sites (N-methyl/N-ethyl adjacent to an activating group) is 1. The number of esters is 2. The SMILES string of the molecule is CC/C=C\C/C=C\C/C=C\C/C=C\C/C=C\CCCCCCCCCCCCCCCCCCCCCCCCCCCC(=O)OC(COC(=O)CCCCCCC/C=C\CCCCCCC)COP(=O)([O-])OCC[N+](C)(C)C. The zero-order chi connectivity index (χ0) is 57.7. The van der Waals surface area contributed by atoms with E-state index in [0.717, 1.165) is 83.5 Å². The number of hydrogen-bond donors (Lipinski definition) is 0. The molecule has 0 bridgehead atoms. The first kappa shape index (κ1) is 76.5. The number of phosphoric acid groups is 1. The Morgan fingerprint density at radius 1 is 0.405 bits per heavy atom. The Morgan fingerprint density at radius 2 is 0.722 bits per heavy atom. The van der Waals surface area contributed by atoms with Crippen molar-refractivity contribution < 1.29 is 42.1 Å². The first-order chi connectivity index (χ1) is 38.5. The molecule has 0 saturated carbocycles. The predicted molar refractivity (Wildman–Crippen MR) is 337 cm³/mol. The summed E-state index contributed by atoms with van der Waals surface area (Å²) < 4.78 is 34.2. The van der Waals surface area contributed by atoms with Crippen LogP contribution >= 0.6 is 7.82 Å². The lowest BCUT2D eigenvalue weighted by Gasteiger charge is -2.28. The molecule has 0 aromatic heterocycles. The first-order valence-electron chi connectivity index (χ1n) is 33.1.